The Morgan fingerprint density at radius 2 is 0.600 bits per heavy atom. The first-order valence-corrected chi connectivity index (χ1v) is 15.3. The minimum Gasteiger partial charge on any atom is -0.811 e. The summed E-state index contributed by atoms with van der Waals surface area (Å²) in [7, 11) is -4.26. The maximum atomic E-state index is 10.5. The van der Waals surface area contributed by atoms with Crippen LogP contribution in [0, 0.1) is 0 Å². The van der Waals surface area contributed by atoms with Gasteiger partial charge in [-0.2, -0.15) is 0 Å². The molecule has 0 saturated carbocycles. The SMILES string of the molecule is CCCCCCCCCCCCCCCCCCCCCCCCCCP(=O)([O-])[O-]. The third-order valence-electron chi connectivity index (χ3n) is 6.29. The molecular formula is C26H53O3P-2. The zero-order chi connectivity index (χ0) is 22.2. The smallest absolute Gasteiger partial charge is 0.0250 e. The van der Waals surface area contributed by atoms with Crippen LogP contribution in [0.1, 0.15) is 161 Å². The van der Waals surface area contributed by atoms with Crippen molar-refractivity contribution in [2.75, 3.05) is 6.16 Å². The summed E-state index contributed by atoms with van der Waals surface area (Å²) in [6, 6.07) is 0. The van der Waals surface area contributed by atoms with E-state index in [1.54, 1.807) is 0 Å². The Morgan fingerprint density at radius 1 is 0.400 bits per heavy atom. The van der Waals surface area contributed by atoms with Crippen LogP contribution in [0.2, 0.25) is 0 Å². The average molecular weight is 445 g/mol. The Morgan fingerprint density at radius 3 is 0.800 bits per heavy atom. The van der Waals surface area contributed by atoms with Crippen molar-refractivity contribution >= 4 is 7.60 Å². The van der Waals surface area contributed by atoms with Crippen molar-refractivity contribution in [1.82, 2.24) is 0 Å². The van der Waals surface area contributed by atoms with Gasteiger partial charge in [0.15, 0.2) is 0 Å². The standard InChI is InChI=1S/C26H55O3P/c1-2-3-4-5-6-7-8-9-10-11-12-13-14-15-16-17-18-19-20-21-22-23-24-25-26-30(27,28)29/h2-26H2,1H3,(H2,27,28,29)/p-2. The van der Waals surface area contributed by atoms with Crippen LogP contribution in [0.25, 0.3) is 0 Å². The highest BCUT2D eigenvalue weighted by Gasteiger charge is 1.96. The van der Waals surface area contributed by atoms with Gasteiger partial charge in [-0.25, -0.2) is 0 Å². The summed E-state index contributed by atoms with van der Waals surface area (Å²) in [5.74, 6) is 0. The molecule has 0 atom stereocenters. The van der Waals surface area contributed by atoms with Gasteiger partial charge in [0.25, 0.3) is 0 Å². The summed E-state index contributed by atoms with van der Waals surface area (Å²) in [5, 5.41) is 0. The molecule has 0 aromatic rings. The number of unbranched alkanes of at least 4 members (excludes halogenated alkanes) is 23. The molecule has 0 N–H and O–H groups in total. The van der Waals surface area contributed by atoms with Gasteiger partial charge in [0.05, 0.1) is 0 Å². The van der Waals surface area contributed by atoms with E-state index in [4.69, 9.17) is 0 Å². The molecule has 0 radical (unpaired) electrons. The van der Waals surface area contributed by atoms with Crippen LogP contribution in [-0.4, -0.2) is 6.16 Å². The Labute approximate surface area is 189 Å². The van der Waals surface area contributed by atoms with Gasteiger partial charge >= 0.3 is 0 Å². The second kappa shape index (κ2) is 23.8. The molecule has 0 amide bonds. The quantitative estimate of drug-likeness (QED) is 0.105. The Hall–Kier alpha value is 0.150. The number of hydrogen-bond donors (Lipinski definition) is 0. The number of rotatable bonds is 25. The highest BCUT2D eigenvalue weighted by molar-refractivity contribution is 7.48. The van der Waals surface area contributed by atoms with Crippen LogP contribution < -0.4 is 9.79 Å². The van der Waals surface area contributed by atoms with Crippen molar-refractivity contribution in [3.8, 4) is 0 Å². The van der Waals surface area contributed by atoms with Crippen molar-refractivity contribution in [3.05, 3.63) is 0 Å². The fourth-order valence-electron chi connectivity index (χ4n) is 4.27. The molecule has 0 fully saturated rings. The fourth-order valence-corrected chi connectivity index (χ4v) is 4.88. The van der Waals surface area contributed by atoms with E-state index < -0.39 is 7.60 Å². The lowest BCUT2D eigenvalue weighted by atomic mass is 10.0. The van der Waals surface area contributed by atoms with E-state index in [9.17, 15) is 14.4 Å². The van der Waals surface area contributed by atoms with E-state index in [0.717, 1.165) is 12.8 Å². The summed E-state index contributed by atoms with van der Waals surface area (Å²) in [4.78, 5) is 21.1. The molecular weight excluding hydrogens is 391 g/mol. The molecule has 0 aliphatic carbocycles. The van der Waals surface area contributed by atoms with Crippen LogP contribution in [0.5, 0.6) is 0 Å². The topological polar surface area (TPSA) is 63.2 Å². The van der Waals surface area contributed by atoms with E-state index in [-0.39, 0.29) is 6.16 Å². The molecule has 0 heterocycles. The minimum atomic E-state index is -4.26. The average Bonchev–Trinajstić information content (AvgIpc) is 2.70. The third kappa shape index (κ3) is 28.1. The molecule has 0 aromatic carbocycles. The Bertz CT molecular complexity index is 367. The lowest BCUT2D eigenvalue weighted by Gasteiger charge is -2.29. The first kappa shape index (κ1) is 30.1. The van der Waals surface area contributed by atoms with Crippen molar-refractivity contribution in [1.29, 1.82) is 0 Å². The molecule has 0 rings (SSSR count). The maximum Gasteiger partial charge on any atom is -0.0250 e. The largest absolute Gasteiger partial charge is 0.811 e. The van der Waals surface area contributed by atoms with Gasteiger partial charge in [-0.15, -0.1) is 0 Å². The third-order valence-corrected chi connectivity index (χ3v) is 7.15. The van der Waals surface area contributed by atoms with Crippen LogP contribution in [-0.2, 0) is 4.57 Å². The van der Waals surface area contributed by atoms with E-state index in [1.165, 1.54) is 135 Å². The molecule has 0 unspecified atom stereocenters. The zero-order valence-corrected chi connectivity index (χ0v) is 21.2. The lowest BCUT2D eigenvalue weighted by Crippen LogP contribution is -2.16. The van der Waals surface area contributed by atoms with Gasteiger partial charge in [0.2, 0.25) is 0 Å². The fraction of sp³-hybridized carbons (Fsp3) is 1.00. The molecule has 4 heteroatoms. The first-order valence-electron chi connectivity index (χ1n) is 13.6. The van der Waals surface area contributed by atoms with Crippen molar-refractivity contribution in [2.24, 2.45) is 0 Å². The van der Waals surface area contributed by atoms with Crippen LogP contribution in [0.4, 0.5) is 0 Å². The zero-order valence-electron chi connectivity index (χ0n) is 20.3. The minimum absolute atomic E-state index is 0.160. The highest BCUT2D eigenvalue weighted by Crippen LogP contribution is 2.25. The lowest BCUT2D eigenvalue weighted by molar-refractivity contribution is -0.313. The summed E-state index contributed by atoms with van der Waals surface area (Å²) in [6.45, 7) is 2.29. The molecule has 182 valence electrons. The highest BCUT2D eigenvalue weighted by atomic mass is 31.2. The van der Waals surface area contributed by atoms with Crippen LogP contribution in [0.3, 0.4) is 0 Å². The van der Waals surface area contributed by atoms with E-state index in [1.807, 2.05) is 0 Å². The van der Waals surface area contributed by atoms with Gasteiger partial charge in [-0.3, -0.25) is 0 Å². The first-order chi connectivity index (χ1) is 14.6. The summed E-state index contributed by atoms with van der Waals surface area (Å²) in [5.41, 5.74) is 0. The second-order valence-electron chi connectivity index (χ2n) is 9.47. The summed E-state index contributed by atoms with van der Waals surface area (Å²) >= 11 is 0. The van der Waals surface area contributed by atoms with Crippen molar-refractivity contribution < 1.29 is 14.4 Å². The van der Waals surface area contributed by atoms with Crippen molar-refractivity contribution in [3.63, 3.8) is 0 Å². The molecule has 0 saturated heterocycles. The van der Waals surface area contributed by atoms with Crippen molar-refractivity contribution in [2.45, 2.75) is 161 Å². The Balaban J connectivity index is 3.03. The molecule has 0 bridgehead atoms. The maximum absolute atomic E-state index is 10.5. The van der Waals surface area contributed by atoms with E-state index in [0.29, 0.717) is 6.42 Å². The molecule has 0 aliphatic rings. The number of hydrogen-bond acceptors (Lipinski definition) is 3. The molecule has 0 spiro atoms. The van der Waals surface area contributed by atoms with Gasteiger partial charge < -0.3 is 14.4 Å². The molecule has 0 aliphatic heterocycles. The molecule has 3 nitrogen and oxygen atoms in total. The van der Waals surface area contributed by atoms with E-state index in [2.05, 4.69) is 6.92 Å². The Kier molecular flexibility index (Phi) is 23.9. The van der Waals surface area contributed by atoms with Crippen LogP contribution >= 0.6 is 7.60 Å². The summed E-state index contributed by atoms with van der Waals surface area (Å²) in [6.07, 6.45) is 31.7. The summed E-state index contributed by atoms with van der Waals surface area (Å²) < 4.78 is 10.5. The van der Waals surface area contributed by atoms with Gasteiger partial charge in [-0.05, 0) is 12.6 Å². The normalized spacial score (nSPS) is 12.0. The van der Waals surface area contributed by atoms with E-state index >= 15 is 0 Å². The van der Waals surface area contributed by atoms with Gasteiger partial charge in [-0.1, -0.05) is 162 Å². The van der Waals surface area contributed by atoms with Gasteiger partial charge in [0.1, 0.15) is 0 Å². The molecule has 30 heavy (non-hydrogen) atoms. The van der Waals surface area contributed by atoms with Gasteiger partial charge in [0, 0.05) is 0 Å². The van der Waals surface area contributed by atoms with Crippen LogP contribution in [0.15, 0.2) is 0 Å². The predicted molar refractivity (Wildman–Crippen MR) is 129 cm³/mol. The second-order valence-corrected chi connectivity index (χ2v) is 11.1. The predicted octanol–water partition coefficient (Wildman–Crippen LogP) is 8.28. The molecule has 0 aromatic heterocycles. The monoisotopic (exact) mass is 444 g/mol.